The summed E-state index contributed by atoms with van der Waals surface area (Å²) in [6.45, 7) is 4.27. The first kappa shape index (κ1) is 22.3. The molecule has 0 amide bonds. The van der Waals surface area contributed by atoms with Gasteiger partial charge in [0.2, 0.25) is 5.88 Å². The number of aromatic nitrogens is 3. The molecule has 0 radical (unpaired) electrons. The average Bonchev–Trinajstić information content (AvgIpc) is 3.18. The first-order valence-electron chi connectivity index (χ1n) is 10.6. The molecular weight excluding hydrogens is 426 g/mol. The summed E-state index contributed by atoms with van der Waals surface area (Å²) < 4.78 is 31.0. The van der Waals surface area contributed by atoms with Crippen molar-refractivity contribution in [2.24, 2.45) is 7.05 Å². The Labute approximate surface area is 188 Å². The fourth-order valence-electron chi connectivity index (χ4n) is 3.81. The van der Waals surface area contributed by atoms with Gasteiger partial charge >= 0.3 is 0 Å². The number of anilines is 1. The maximum atomic E-state index is 11.6. The van der Waals surface area contributed by atoms with E-state index in [1.165, 1.54) is 6.26 Å². The Balaban J connectivity index is 1.30. The third kappa shape index (κ3) is 5.66. The molecule has 4 rings (SSSR count). The minimum Gasteiger partial charge on any atom is -0.470 e. The van der Waals surface area contributed by atoms with E-state index < -0.39 is 9.84 Å². The van der Waals surface area contributed by atoms with Crippen molar-refractivity contribution in [3.05, 3.63) is 60.0 Å². The van der Waals surface area contributed by atoms with Gasteiger partial charge in [0.15, 0.2) is 9.84 Å². The van der Waals surface area contributed by atoms with Crippen LogP contribution < -0.4 is 15.4 Å². The zero-order chi connectivity index (χ0) is 22.7. The highest BCUT2D eigenvalue weighted by Crippen LogP contribution is 2.31. The molecule has 1 aliphatic rings. The lowest BCUT2D eigenvalue weighted by atomic mass is 9.99. The number of rotatable bonds is 8. The van der Waals surface area contributed by atoms with Gasteiger partial charge in [-0.05, 0) is 23.1 Å². The molecule has 0 bridgehead atoms. The van der Waals surface area contributed by atoms with Gasteiger partial charge in [-0.3, -0.25) is 4.68 Å². The average molecular weight is 456 g/mol. The molecule has 0 spiro atoms. The number of nitrogens with one attached hydrogen (secondary N) is 2. The number of ether oxygens (including phenoxy) is 1. The van der Waals surface area contributed by atoms with Crippen LogP contribution in [0.25, 0.3) is 11.1 Å². The van der Waals surface area contributed by atoms with Crippen LogP contribution in [0.1, 0.15) is 24.0 Å². The zero-order valence-corrected chi connectivity index (χ0v) is 19.4. The molecule has 1 aromatic carbocycles. The maximum Gasteiger partial charge on any atom is 0.237 e. The first-order valence-corrected chi connectivity index (χ1v) is 12.7. The number of aryl methyl sites for hydroxylation is 1. The van der Waals surface area contributed by atoms with Crippen molar-refractivity contribution in [2.75, 3.05) is 31.2 Å². The topological polar surface area (TPSA) is 98.1 Å². The summed E-state index contributed by atoms with van der Waals surface area (Å²) in [6, 6.07) is 9.83. The van der Waals surface area contributed by atoms with Gasteiger partial charge in [-0.25, -0.2) is 13.4 Å². The van der Waals surface area contributed by atoms with Crippen LogP contribution in [-0.4, -0.2) is 55.2 Å². The third-order valence-electron chi connectivity index (χ3n) is 5.46. The largest absolute Gasteiger partial charge is 0.470 e. The Morgan fingerprint density at radius 2 is 2.12 bits per heavy atom. The van der Waals surface area contributed by atoms with E-state index in [9.17, 15) is 8.42 Å². The predicted molar refractivity (Wildman–Crippen MR) is 126 cm³/mol. The van der Waals surface area contributed by atoms with Crippen molar-refractivity contribution >= 4 is 15.5 Å². The number of pyridine rings is 1. The van der Waals surface area contributed by atoms with Crippen LogP contribution in [0.4, 0.5) is 5.69 Å². The van der Waals surface area contributed by atoms with Crippen LogP contribution >= 0.6 is 0 Å². The highest BCUT2D eigenvalue weighted by molar-refractivity contribution is 7.89. The highest BCUT2D eigenvalue weighted by atomic mass is 32.2. The lowest BCUT2D eigenvalue weighted by Crippen LogP contribution is -2.40. The van der Waals surface area contributed by atoms with Crippen molar-refractivity contribution in [2.45, 2.75) is 24.7 Å². The first-order chi connectivity index (χ1) is 15.3. The van der Waals surface area contributed by atoms with Crippen LogP contribution in [0.2, 0.25) is 0 Å². The van der Waals surface area contributed by atoms with E-state index in [0.29, 0.717) is 19.0 Å². The molecule has 32 heavy (non-hydrogen) atoms. The van der Waals surface area contributed by atoms with E-state index in [4.69, 9.17) is 4.74 Å². The van der Waals surface area contributed by atoms with Crippen molar-refractivity contribution in [3.8, 4) is 17.0 Å². The van der Waals surface area contributed by atoms with Crippen molar-refractivity contribution in [1.29, 1.82) is 0 Å². The number of sulfone groups is 1. The van der Waals surface area contributed by atoms with Gasteiger partial charge in [-0.15, -0.1) is 0 Å². The van der Waals surface area contributed by atoms with E-state index in [1.54, 1.807) is 10.9 Å². The van der Waals surface area contributed by atoms with Gasteiger partial charge < -0.3 is 15.4 Å². The molecule has 2 atom stereocenters. The Hall–Kier alpha value is -2.91. The molecule has 0 saturated heterocycles. The van der Waals surface area contributed by atoms with Crippen LogP contribution in [0.3, 0.4) is 0 Å². The molecule has 2 aromatic heterocycles. The molecule has 8 nitrogen and oxygen atoms in total. The Kier molecular flexibility index (Phi) is 6.48. The molecule has 2 N–H and O–H groups in total. The Morgan fingerprint density at radius 3 is 2.88 bits per heavy atom. The monoisotopic (exact) mass is 455 g/mol. The van der Waals surface area contributed by atoms with Crippen LogP contribution in [0, 0.1) is 0 Å². The zero-order valence-electron chi connectivity index (χ0n) is 18.6. The molecule has 0 saturated carbocycles. The standard InChI is InChI=1S/C23H29N5O3S/c1-16(18-6-4-5-17(7-18)15-32(3,29)30)9-24-12-21-13-25-22-8-19(10-26-23(22)31-21)20-11-27-28(2)14-20/h4-8,10-11,14,16,21,24-25H,9,12-13,15H2,1-3H3/t16-,21-/m1/s1. The van der Waals surface area contributed by atoms with Gasteiger partial charge in [0.1, 0.15) is 6.10 Å². The minimum atomic E-state index is -3.04. The van der Waals surface area contributed by atoms with Gasteiger partial charge in [0, 0.05) is 49.9 Å². The third-order valence-corrected chi connectivity index (χ3v) is 6.32. The summed E-state index contributed by atoms with van der Waals surface area (Å²) >= 11 is 0. The number of hydrogen-bond donors (Lipinski definition) is 2. The quantitative estimate of drug-likeness (QED) is 0.539. The molecular formula is C23H29N5O3S. The fraction of sp³-hybridized carbons (Fsp3) is 0.391. The van der Waals surface area contributed by atoms with Gasteiger partial charge in [-0.2, -0.15) is 5.10 Å². The second-order valence-electron chi connectivity index (χ2n) is 8.47. The van der Waals surface area contributed by atoms with Crippen LogP contribution in [-0.2, 0) is 22.6 Å². The Bertz CT molecular complexity index is 1190. The molecule has 0 unspecified atom stereocenters. The number of nitrogens with zero attached hydrogens (tertiary/aromatic N) is 3. The molecule has 0 fully saturated rings. The van der Waals surface area contributed by atoms with Crippen molar-refractivity contribution < 1.29 is 13.2 Å². The lowest BCUT2D eigenvalue weighted by Gasteiger charge is -2.27. The van der Waals surface area contributed by atoms with E-state index in [1.807, 2.05) is 49.8 Å². The summed E-state index contributed by atoms with van der Waals surface area (Å²) in [5.74, 6) is 0.924. The lowest BCUT2D eigenvalue weighted by molar-refractivity contribution is 0.193. The van der Waals surface area contributed by atoms with Crippen LogP contribution in [0.5, 0.6) is 5.88 Å². The predicted octanol–water partition coefficient (Wildman–Crippen LogP) is 2.59. The molecule has 3 aromatic rings. The summed E-state index contributed by atoms with van der Waals surface area (Å²) in [5, 5.41) is 11.1. The summed E-state index contributed by atoms with van der Waals surface area (Å²) in [4.78, 5) is 4.49. The summed E-state index contributed by atoms with van der Waals surface area (Å²) in [5.41, 5.74) is 4.85. The van der Waals surface area contributed by atoms with E-state index in [0.717, 1.165) is 34.5 Å². The molecule has 0 aliphatic carbocycles. The van der Waals surface area contributed by atoms with Gasteiger partial charge in [0.05, 0.1) is 24.2 Å². The SMILES string of the molecule is C[C@H](CNC[C@@H]1CNc2cc(-c3cnn(C)c3)cnc2O1)c1cccc(CS(C)(=O)=O)c1. The Morgan fingerprint density at radius 1 is 1.28 bits per heavy atom. The normalized spacial score (nSPS) is 16.7. The number of hydrogen-bond acceptors (Lipinski definition) is 7. The second-order valence-corrected chi connectivity index (χ2v) is 10.6. The van der Waals surface area contributed by atoms with Crippen molar-refractivity contribution in [1.82, 2.24) is 20.1 Å². The summed E-state index contributed by atoms with van der Waals surface area (Å²) in [6.07, 6.45) is 6.81. The van der Waals surface area contributed by atoms with E-state index in [2.05, 4.69) is 27.6 Å². The van der Waals surface area contributed by atoms with Gasteiger partial charge in [0.25, 0.3) is 0 Å². The number of fused-ring (bicyclic) bond motifs is 1. The fourth-order valence-corrected chi connectivity index (χ4v) is 4.59. The van der Waals surface area contributed by atoms with Crippen molar-refractivity contribution in [3.63, 3.8) is 0 Å². The van der Waals surface area contributed by atoms with Crippen LogP contribution in [0.15, 0.2) is 48.9 Å². The smallest absolute Gasteiger partial charge is 0.237 e. The highest BCUT2D eigenvalue weighted by Gasteiger charge is 2.21. The molecule has 170 valence electrons. The molecule has 9 heteroatoms. The molecule has 1 aliphatic heterocycles. The summed E-state index contributed by atoms with van der Waals surface area (Å²) in [7, 11) is -1.15. The minimum absolute atomic E-state index is 0.0250. The van der Waals surface area contributed by atoms with E-state index >= 15 is 0 Å². The van der Waals surface area contributed by atoms with E-state index in [-0.39, 0.29) is 17.8 Å². The maximum absolute atomic E-state index is 11.6. The molecule has 3 heterocycles. The second kappa shape index (κ2) is 9.30. The van der Waals surface area contributed by atoms with Gasteiger partial charge in [-0.1, -0.05) is 31.2 Å². The number of benzene rings is 1.